The van der Waals surface area contributed by atoms with Gasteiger partial charge in [-0.05, 0) is 36.6 Å². The smallest absolute Gasteiger partial charge is 0.247 e. The summed E-state index contributed by atoms with van der Waals surface area (Å²) in [6, 6.07) is 18.8. The molecule has 1 amide bonds. The summed E-state index contributed by atoms with van der Waals surface area (Å²) < 4.78 is 0. The first-order valence-electron chi connectivity index (χ1n) is 7.84. The Morgan fingerprint density at radius 3 is 2.45 bits per heavy atom. The largest absolute Gasteiger partial charge is 0.272 e. The number of carbonyl (C=O) groups excluding carboxylic acids is 1. The molecule has 2 aliphatic rings. The van der Waals surface area contributed by atoms with Crippen LogP contribution in [0.4, 0.5) is 11.4 Å². The highest BCUT2D eigenvalue weighted by Gasteiger charge is 2.50. The number of nitrogens with zero attached hydrogens (tertiary/aromatic N) is 2. The van der Waals surface area contributed by atoms with E-state index in [0.29, 0.717) is 0 Å². The predicted molar refractivity (Wildman–Crippen MR) is 87.8 cm³/mol. The van der Waals surface area contributed by atoms with Crippen molar-refractivity contribution in [3.05, 3.63) is 60.2 Å². The average molecular weight is 292 g/mol. The topological polar surface area (TPSA) is 23.6 Å². The zero-order valence-corrected chi connectivity index (χ0v) is 13.0. The van der Waals surface area contributed by atoms with Crippen LogP contribution < -0.4 is 5.01 Å². The summed E-state index contributed by atoms with van der Waals surface area (Å²) in [6.07, 6.45) is 1.85. The molecule has 1 atom stereocenters. The van der Waals surface area contributed by atoms with Gasteiger partial charge in [-0.2, -0.15) is 0 Å². The number of para-hydroxylation sites is 2. The number of hydrogen-bond donors (Lipinski definition) is 0. The van der Waals surface area contributed by atoms with E-state index in [4.69, 9.17) is 0 Å². The van der Waals surface area contributed by atoms with Crippen LogP contribution in [-0.4, -0.2) is 17.0 Å². The Hall–Kier alpha value is -2.29. The van der Waals surface area contributed by atoms with Crippen LogP contribution in [0.25, 0.3) is 0 Å². The molecule has 2 aliphatic heterocycles. The van der Waals surface area contributed by atoms with Crippen LogP contribution in [0.3, 0.4) is 0 Å². The third-order valence-electron chi connectivity index (χ3n) is 4.77. The Balaban J connectivity index is 1.90. The van der Waals surface area contributed by atoms with Crippen molar-refractivity contribution in [3.63, 3.8) is 0 Å². The van der Waals surface area contributed by atoms with Gasteiger partial charge in [-0.15, -0.1) is 0 Å². The second-order valence-electron chi connectivity index (χ2n) is 6.87. The van der Waals surface area contributed by atoms with E-state index in [1.54, 1.807) is 0 Å². The maximum atomic E-state index is 12.9. The first-order chi connectivity index (χ1) is 10.6. The van der Waals surface area contributed by atoms with Gasteiger partial charge in [-0.3, -0.25) is 9.80 Å². The molecule has 0 N–H and O–H groups in total. The van der Waals surface area contributed by atoms with Gasteiger partial charge in [-0.1, -0.05) is 50.2 Å². The maximum Gasteiger partial charge on any atom is 0.247 e. The number of hydrogen-bond acceptors (Lipinski definition) is 2. The minimum Gasteiger partial charge on any atom is -0.272 e. The van der Waals surface area contributed by atoms with E-state index in [0.717, 1.165) is 24.2 Å². The van der Waals surface area contributed by atoms with Gasteiger partial charge < -0.3 is 0 Å². The van der Waals surface area contributed by atoms with Crippen molar-refractivity contribution in [2.45, 2.75) is 32.7 Å². The minimum absolute atomic E-state index is 0.218. The molecule has 1 unspecified atom stereocenters. The van der Waals surface area contributed by atoms with Crippen molar-refractivity contribution in [1.82, 2.24) is 5.01 Å². The lowest BCUT2D eigenvalue weighted by molar-refractivity contribution is -0.135. The van der Waals surface area contributed by atoms with Crippen LogP contribution in [-0.2, 0) is 11.2 Å². The lowest BCUT2D eigenvalue weighted by atomic mass is 9.88. The normalized spacial score (nSPS) is 22.5. The van der Waals surface area contributed by atoms with E-state index in [2.05, 4.69) is 49.2 Å². The van der Waals surface area contributed by atoms with Crippen molar-refractivity contribution in [1.29, 1.82) is 0 Å². The highest BCUT2D eigenvalue weighted by Crippen LogP contribution is 2.46. The van der Waals surface area contributed by atoms with E-state index >= 15 is 0 Å². The summed E-state index contributed by atoms with van der Waals surface area (Å²) in [4.78, 5) is 12.9. The molecule has 0 bridgehead atoms. The van der Waals surface area contributed by atoms with E-state index < -0.39 is 0 Å². The van der Waals surface area contributed by atoms with Gasteiger partial charge in [0.15, 0.2) is 0 Å². The highest BCUT2D eigenvalue weighted by atomic mass is 16.2. The maximum absolute atomic E-state index is 12.9. The minimum atomic E-state index is -0.292. The Kier molecular flexibility index (Phi) is 2.80. The molecule has 0 saturated carbocycles. The number of benzene rings is 2. The molecule has 2 aromatic carbocycles. The molecule has 22 heavy (non-hydrogen) atoms. The number of amides is 1. The second-order valence-corrected chi connectivity index (χ2v) is 6.87. The molecule has 112 valence electrons. The summed E-state index contributed by atoms with van der Waals surface area (Å²) >= 11 is 0. The molecule has 0 aromatic heterocycles. The second kappa shape index (κ2) is 4.60. The first-order valence-corrected chi connectivity index (χ1v) is 7.84. The summed E-state index contributed by atoms with van der Waals surface area (Å²) in [6.45, 7) is 4.11. The Bertz CT molecular complexity index is 723. The van der Waals surface area contributed by atoms with Crippen LogP contribution >= 0.6 is 0 Å². The third kappa shape index (κ3) is 1.85. The van der Waals surface area contributed by atoms with Gasteiger partial charge in [0.25, 0.3) is 0 Å². The van der Waals surface area contributed by atoms with Crippen molar-refractivity contribution < 1.29 is 4.79 Å². The number of rotatable bonds is 1. The molecule has 1 fully saturated rings. The zero-order chi connectivity index (χ0) is 15.3. The first kappa shape index (κ1) is 13.4. The van der Waals surface area contributed by atoms with Crippen LogP contribution in [0.1, 0.15) is 25.8 Å². The Morgan fingerprint density at radius 1 is 1.00 bits per heavy atom. The average Bonchev–Trinajstić information content (AvgIpc) is 2.75. The molecule has 3 heteroatoms. The van der Waals surface area contributed by atoms with Gasteiger partial charge in [0.1, 0.15) is 0 Å². The lowest BCUT2D eigenvalue weighted by Crippen LogP contribution is -2.50. The molecule has 2 heterocycles. The molecule has 1 saturated heterocycles. The molecule has 2 aromatic rings. The van der Waals surface area contributed by atoms with Gasteiger partial charge in [0.2, 0.25) is 5.91 Å². The van der Waals surface area contributed by atoms with Gasteiger partial charge in [0, 0.05) is 5.41 Å². The fourth-order valence-electron chi connectivity index (χ4n) is 3.74. The van der Waals surface area contributed by atoms with Gasteiger partial charge in [-0.25, -0.2) is 5.01 Å². The summed E-state index contributed by atoms with van der Waals surface area (Å²) in [5, 5.41) is 4.10. The quantitative estimate of drug-likeness (QED) is 0.795. The summed E-state index contributed by atoms with van der Waals surface area (Å²) in [5.41, 5.74) is 3.19. The fraction of sp³-hybridized carbons (Fsp3) is 0.316. The molecule has 0 radical (unpaired) electrons. The number of carbonyl (C=O) groups is 1. The monoisotopic (exact) mass is 292 g/mol. The fourth-order valence-corrected chi connectivity index (χ4v) is 3.74. The molecule has 0 aliphatic carbocycles. The van der Waals surface area contributed by atoms with Crippen LogP contribution in [0.2, 0.25) is 0 Å². The zero-order valence-electron chi connectivity index (χ0n) is 13.0. The van der Waals surface area contributed by atoms with E-state index in [1.165, 1.54) is 5.56 Å². The van der Waals surface area contributed by atoms with Crippen molar-refractivity contribution in [2.75, 3.05) is 5.01 Å². The van der Waals surface area contributed by atoms with Crippen LogP contribution in [0.5, 0.6) is 0 Å². The number of fused-ring (bicyclic) bond motifs is 2. The number of anilines is 2. The van der Waals surface area contributed by atoms with E-state index in [9.17, 15) is 4.79 Å². The van der Waals surface area contributed by atoms with Crippen LogP contribution in [0, 0.1) is 5.41 Å². The molecular formula is C19H20N2O. The Morgan fingerprint density at radius 2 is 1.68 bits per heavy atom. The lowest BCUT2D eigenvalue weighted by Gasteiger charge is -2.43. The third-order valence-corrected chi connectivity index (χ3v) is 4.77. The predicted octanol–water partition coefficient (Wildman–Crippen LogP) is 3.92. The molecule has 4 rings (SSSR count). The van der Waals surface area contributed by atoms with Crippen molar-refractivity contribution >= 4 is 17.3 Å². The van der Waals surface area contributed by atoms with Crippen LogP contribution in [0.15, 0.2) is 54.6 Å². The molecular weight excluding hydrogens is 272 g/mol. The summed E-state index contributed by atoms with van der Waals surface area (Å²) in [5.74, 6) is 0.218. The molecule has 0 spiro atoms. The molecule has 3 nitrogen and oxygen atoms in total. The van der Waals surface area contributed by atoms with E-state index in [-0.39, 0.29) is 17.4 Å². The van der Waals surface area contributed by atoms with E-state index in [1.807, 2.05) is 29.3 Å². The van der Waals surface area contributed by atoms with Crippen molar-refractivity contribution in [3.8, 4) is 0 Å². The van der Waals surface area contributed by atoms with Crippen molar-refractivity contribution in [2.24, 2.45) is 5.41 Å². The summed E-state index contributed by atoms with van der Waals surface area (Å²) in [7, 11) is 0. The van der Waals surface area contributed by atoms with Gasteiger partial charge >= 0.3 is 0 Å². The Labute approximate surface area is 131 Å². The SMILES string of the molecule is CC1(C)CC2Cc3ccccc3N(c3ccccc3)N2C1=O. The standard InChI is InChI=1S/C19H20N2O/c1-19(2)13-16-12-14-8-6-7-11-17(14)20(21(16)18(19)22)15-9-4-3-5-10-15/h3-11,16H,12-13H2,1-2H3. The highest BCUT2D eigenvalue weighted by molar-refractivity contribution is 5.89. The number of hydrazine groups is 1. The van der Waals surface area contributed by atoms with Gasteiger partial charge in [0.05, 0.1) is 17.4 Å².